The summed E-state index contributed by atoms with van der Waals surface area (Å²) in [6.45, 7) is 6.69. The zero-order chi connectivity index (χ0) is 14.8. The van der Waals surface area contributed by atoms with E-state index in [1.807, 2.05) is 6.07 Å². The van der Waals surface area contributed by atoms with E-state index in [0.717, 1.165) is 24.3 Å². The van der Waals surface area contributed by atoms with Gasteiger partial charge in [0.15, 0.2) is 0 Å². The lowest BCUT2D eigenvalue weighted by molar-refractivity contribution is 0.580. The van der Waals surface area contributed by atoms with Crippen molar-refractivity contribution in [3.8, 4) is 0 Å². The van der Waals surface area contributed by atoms with E-state index in [0.29, 0.717) is 12.6 Å². The highest BCUT2D eigenvalue weighted by Gasteiger charge is 2.20. The molecule has 1 N–H and O–H groups in total. The Morgan fingerprint density at radius 1 is 1.10 bits per heavy atom. The Morgan fingerprint density at radius 2 is 1.76 bits per heavy atom. The maximum absolute atomic E-state index is 13.6. The minimum absolute atomic E-state index is 0.170. The van der Waals surface area contributed by atoms with Gasteiger partial charge in [0.05, 0.1) is 0 Å². The molecule has 2 aromatic carbocycles. The van der Waals surface area contributed by atoms with Crippen LogP contribution in [0.15, 0.2) is 42.5 Å². The Bertz CT molecular complexity index is 612. The molecular weight excluding hydrogens is 263 g/mol. The van der Waals surface area contributed by atoms with E-state index in [1.54, 1.807) is 12.1 Å². The van der Waals surface area contributed by atoms with Crippen LogP contribution >= 0.6 is 0 Å². The number of hydrogen-bond acceptors (Lipinski definition) is 2. The van der Waals surface area contributed by atoms with Crippen molar-refractivity contribution in [2.24, 2.45) is 0 Å². The number of fused-ring (bicyclic) bond motifs is 1. The fraction of sp³-hybridized carbons (Fsp3) is 0.333. The fourth-order valence-corrected chi connectivity index (χ4v) is 2.82. The van der Waals surface area contributed by atoms with Gasteiger partial charge in [0.25, 0.3) is 0 Å². The average Bonchev–Trinajstić information content (AvgIpc) is 2.88. The van der Waals surface area contributed by atoms with Gasteiger partial charge in [-0.15, -0.1) is 0 Å². The first-order valence-corrected chi connectivity index (χ1v) is 7.47. The molecule has 3 rings (SSSR count). The summed E-state index contributed by atoms with van der Waals surface area (Å²) in [5.41, 5.74) is 4.88. The van der Waals surface area contributed by atoms with Gasteiger partial charge in [-0.2, -0.15) is 0 Å². The third-order valence-corrected chi connectivity index (χ3v) is 3.92. The Balaban J connectivity index is 1.86. The summed E-state index contributed by atoms with van der Waals surface area (Å²) >= 11 is 0. The summed E-state index contributed by atoms with van der Waals surface area (Å²) in [4.78, 5) is 2.32. The van der Waals surface area contributed by atoms with Crippen LogP contribution in [0.4, 0.5) is 10.1 Å². The molecule has 2 aromatic rings. The summed E-state index contributed by atoms with van der Waals surface area (Å²) in [7, 11) is 0. The van der Waals surface area contributed by atoms with Crippen LogP contribution in [0.1, 0.15) is 30.5 Å². The largest absolute Gasteiger partial charge is 0.363 e. The third kappa shape index (κ3) is 3.08. The lowest BCUT2D eigenvalue weighted by Gasteiger charge is -2.22. The van der Waals surface area contributed by atoms with Crippen molar-refractivity contribution < 1.29 is 4.39 Å². The van der Waals surface area contributed by atoms with Crippen molar-refractivity contribution in [3.05, 3.63) is 65.0 Å². The van der Waals surface area contributed by atoms with Gasteiger partial charge in [0, 0.05) is 31.4 Å². The molecule has 0 amide bonds. The molecule has 0 aromatic heterocycles. The van der Waals surface area contributed by atoms with Gasteiger partial charge in [-0.3, -0.25) is 0 Å². The number of rotatable bonds is 4. The van der Waals surface area contributed by atoms with E-state index in [-0.39, 0.29) is 5.82 Å². The van der Waals surface area contributed by atoms with E-state index in [2.05, 4.69) is 48.3 Å². The molecule has 2 nitrogen and oxygen atoms in total. The molecule has 0 saturated heterocycles. The van der Waals surface area contributed by atoms with Crippen molar-refractivity contribution >= 4 is 5.69 Å². The van der Waals surface area contributed by atoms with E-state index in [9.17, 15) is 4.39 Å². The van der Waals surface area contributed by atoms with Crippen LogP contribution in [-0.2, 0) is 19.6 Å². The van der Waals surface area contributed by atoms with Gasteiger partial charge < -0.3 is 10.2 Å². The minimum atomic E-state index is -0.170. The number of halogens is 1. The predicted octanol–water partition coefficient (Wildman–Crippen LogP) is 3.84. The maximum Gasteiger partial charge on any atom is 0.123 e. The van der Waals surface area contributed by atoms with Crippen LogP contribution in [0.25, 0.3) is 0 Å². The Kier molecular flexibility index (Phi) is 3.93. The zero-order valence-corrected chi connectivity index (χ0v) is 12.6. The predicted molar refractivity (Wildman–Crippen MR) is 84.7 cm³/mol. The van der Waals surface area contributed by atoms with E-state index in [1.165, 1.54) is 11.1 Å². The molecule has 0 atom stereocenters. The smallest absolute Gasteiger partial charge is 0.123 e. The van der Waals surface area contributed by atoms with E-state index >= 15 is 0 Å². The van der Waals surface area contributed by atoms with Crippen molar-refractivity contribution in [2.75, 3.05) is 4.90 Å². The monoisotopic (exact) mass is 284 g/mol. The topological polar surface area (TPSA) is 15.3 Å². The van der Waals surface area contributed by atoms with Gasteiger partial charge in [0.1, 0.15) is 5.82 Å². The maximum atomic E-state index is 13.6. The van der Waals surface area contributed by atoms with Crippen LogP contribution in [0.3, 0.4) is 0 Å². The molecule has 3 heteroatoms. The van der Waals surface area contributed by atoms with Crippen molar-refractivity contribution in [1.29, 1.82) is 0 Å². The Hall–Kier alpha value is -1.87. The first-order valence-electron chi connectivity index (χ1n) is 7.47. The molecule has 1 aliphatic rings. The number of hydrogen-bond donors (Lipinski definition) is 1. The van der Waals surface area contributed by atoms with Crippen LogP contribution in [0.2, 0.25) is 0 Å². The molecule has 0 saturated carbocycles. The van der Waals surface area contributed by atoms with Crippen LogP contribution < -0.4 is 10.2 Å². The van der Waals surface area contributed by atoms with Crippen molar-refractivity contribution in [2.45, 2.75) is 39.5 Å². The average molecular weight is 284 g/mol. The molecule has 0 radical (unpaired) electrons. The lowest BCUT2D eigenvalue weighted by atomic mass is 10.1. The number of nitrogens with zero attached hydrogens (tertiary/aromatic N) is 1. The molecular formula is C18H21FN2. The molecule has 0 fully saturated rings. The summed E-state index contributed by atoms with van der Waals surface area (Å²) in [6.07, 6.45) is 0. The summed E-state index contributed by atoms with van der Waals surface area (Å²) in [5.74, 6) is -0.170. The molecule has 0 spiro atoms. The molecule has 0 unspecified atom stereocenters. The summed E-state index contributed by atoms with van der Waals surface area (Å²) in [6, 6.07) is 14.0. The van der Waals surface area contributed by atoms with Gasteiger partial charge in [-0.05, 0) is 34.9 Å². The molecule has 21 heavy (non-hydrogen) atoms. The highest BCUT2D eigenvalue weighted by atomic mass is 19.1. The second-order valence-corrected chi connectivity index (χ2v) is 5.93. The van der Waals surface area contributed by atoms with Gasteiger partial charge in [-0.1, -0.05) is 38.1 Å². The van der Waals surface area contributed by atoms with Crippen LogP contribution in [-0.4, -0.2) is 6.04 Å². The van der Waals surface area contributed by atoms with E-state index < -0.39 is 0 Å². The Morgan fingerprint density at radius 3 is 2.38 bits per heavy atom. The second kappa shape index (κ2) is 5.86. The van der Waals surface area contributed by atoms with Crippen LogP contribution in [0.5, 0.6) is 0 Å². The van der Waals surface area contributed by atoms with Crippen molar-refractivity contribution in [1.82, 2.24) is 5.32 Å². The van der Waals surface area contributed by atoms with Crippen molar-refractivity contribution in [3.63, 3.8) is 0 Å². The first-order chi connectivity index (χ1) is 10.1. The summed E-state index contributed by atoms with van der Waals surface area (Å²) in [5, 5.41) is 3.38. The quantitative estimate of drug-likeness (QED) is 0.917. The fourth-order valence-electron chi connectivity index (χ4n) is 2.82. The molecule has 1 heterocycles. The van der Waals surface area contributed by atoms with Gasteiger partial charge in [-0.25, -0.2) is 4.39 Å². The normalized spacial score (nSPS) is 13.8. The standard InChI is InChI=1S/C18H21FN2/c1-13(2)20-10-16-9-17(19)7-8-18(16)21-11-14-5-3-4-6-15(14)12-21/h3-9,13,20H,10-12H2,1-2H3. The summed E-state index contributed by atoms with van der Waals surface area (Å²) < 4.78 is 13.6. The first kappa shape index (κ1) is 14.1. The highest BCUT2D eigenvalue weighted by molar-refractivity contribution is 5.57. The molecule has 1 aliphatic heterocycles. The number of anilines is 1. The molecule has 110 valence electrons. The second-order valence-electron chi connectivity index (χ2n) is 5.93. The number of benzene rings is 2. The van der Waals surface area contributed by atoms with Crippen LogP contribution in [0, 0.1) is 5.82 Å². The minimum Gasteiger partial charge on any atom is -0.363 e. The van der Waals surface area contributed by atoms with E-state index in [4.69, 9.17) is 0 Å². The molecule has 0 bridgehead atoms. The third-order valence-electron chi connectivity index (χ3n) is 3.92. The zero-order valence-electron chi connectivity index (χ0n) is 12.6. The SMILES string of the molecule is CC(C)NCc1cc(F)ccc1N1Cc2ccccc2C1. The molecule has 0 aliphatic carbocycles. The Labute approximate surface area is 125 Å². The lowest BCUT2D eigenvalue weighted by Crippen LogP contribution is -2.24. The number of nitrogens with one attached hydrogen (secondary N) is 1. The van der Waals surface area contributed by atoms with Gasteiger partial charge in [0.2, 0.25) is 0 Å². The highest BCUT2D eigenvalue weighted by Crippen LogP contribution is 2.31. The van der Waals surface area contributed by atoms with Gasteiger partial charge >= 0.3 is 0 Å².